The molecule has 0 radical (unpaired) electrons. The van der Waals surface area contributed by atoms with E-state index in [0.717, 1.165) is 5.56 Å². The van der Waals surface area contributed by atoms with Crippen molar-refractivity contribution >= 4 is 34.3 Å². The van der Waals surface area contributed by atoms with Gasteiger partial charge in [-0.05, 0) is 66.2 Å². The summed E-state index contributed by atoms with van der Waals surface area (Å²) in [6, 6.07) is 23.6. The van der Waals surface area contributed by atoms with Crippen LogP contribution in [0.25, 0.3) is 22.6 Å². The van der Waals surface area contributed by atoms with Gasteiger partial charge in [-0.2, -0.15) is 0 Å². The number of aromatic nitrogens is 1. The highest BCUT2D eigenvalue weighted by atomic mass is 35.5. The van der Waals surface area contributed by atoms with Crippen LogP contribution in [-0.4, -0.2) is 18.0 Å². The average molecular weight is 503 g/mol. The number of carbonyl (C=O) groups excluding carboxylic acids is 1. The quantitative estimate of drug-likeness (QED) is 0.256. The first-order valence-corrected chi connectivity index (χ1v) is 11.4. The Hall–Kier alpha value is -4.36. The van der Waals surface area contributed by atoms with Crippen LogP contribution in [0.15, 0.2) is 89.3 Å². The van der Waals surface area contributed by atoms with Gasteiger partial charge >= 0.3 is 0 Å². The van der Waals surface area contributed by atoms with E-state index in [2.05, 4.69) is 10.3 Å². The van der Waals surface area contributed by atoms with E-state index >= 15 is 0 Å². The second-order valence-electron chi connectivity index (χ2n) is 7.92. The fourth-order valence-electron chi connectivity index (χ4n) is 3.63. The minimum absolute atomic E-state index is 0.172. The molecule has 36 heavy (non-hydrogen) atoms. The molecular weight excluding hydrogens is 483 g/mol. The van der Waals surface area contributed by atoms with E-state index < -0.39 is 5.82 Å². The van der Waals surface area contributed by atoms with E-state index in [9.17, 15) is 9.18 Å². The Bertz CT molecular complexity index is 1550. The Labute approximate surface area is 211 Å². The number of halogens is 2. The number of amides is 1. The maximum Gasteiger partial charge on any atom is 0.255 e. The van der Waals surface area contributed by atoms with Crippen LogP contribution in [0.1, 0.15) is 15.9 Å². The van der Waals surface area contributed by atoms with Crippen LogP contribution in [0.5, 0.6) is 11.5 Å². The van der Waals surface area contributed by atoms with E-state index in [1.54, 1.807) is 66.7 Å². The molecule has 4 aromatic carbocycles. The number of rotatable bonds is 7. The zero-order valence-corrected chi connectivity index (χ0v) is 19.9. The lowest BCUT2D eigenvalue weighted by Gasteiger charge is -2.12. The lowest BCUT2D eigenvalue weighted by Crippen LogP contribution is -2.12. The van der Waals surface area contributed by atoms with Gasteiger partial charge in [-0.25, -0.2) is 9.37 Å². The molecule has 0 saturated heterocycles. The van der Waals surface area contributed by atoms with Crippen molar-refractivity contribution in [2.24, 2.45) is 0 Å². The van der Waals surface area contributed by atoms with Crippen LogP contribution in [0.4, 0.5) is 10.1 Å². The molecule has 6 nitrogen and oxygen atoms in total. The minimum Gasteiger partial charge on any atom is -0.493 e. The molecule has 0 bridgehead atoms. The average Bonchev–Trinajstić information content (AvgIpc) is 3.31. The van der Waals surface area contributed by atoms with Crippen LogP contribution >= 0.6 is 11.6 Å². The second-order valence-corrected chi connectivity index (χ2v) is 8.35. The van der Waals surface area contributed by atoms with Gasteiger partial charge in [0.05, 0.1) is 12.7 Å². The summed E-state index contributed by atoms with van der Waals surface area (Å²) in [6.45, 7) is 0.325. The number of carbonyl (C=O) groups is 1. The van der Waals surface area contributed by atoms with Crippen molar-refractivity contribution in [3.05, 3.63) is 107 Å². The molecule has 5 rings (SSSR count). The van der Waals surface area contributed by atoms with Gasteiger partial charge in [0.1, 0.15) is 17.9 Å². The van der Waals surface area contributed by atoms with Crippen LogP contribution < -0.4 is 14.8 Å². The highest BCUT2D eigenvalue weighted by molar-refractivity contribution is 6.30. The largest absolute Gasteiger partial charge is 0.493 e. The predicted molar refractivity (Wildman–Crippen MR) is 136 cm³/mol. The van der Waals surface area contributed by atoms with E-state index in [1.165, 1.54) is 13.2 Å². The molecule has 1 amide bonds. The monoisotopic (exact) mass is 502 g/mol. The molecule has 1 N–H and O–H groups in total. The molecule has 0 aliphatic carbocycles. The maximum absolute atomic E-state index is 14.1. The standard InChI is InChI=1S/C28H20ClFN2O4/c1-34-26-14-18(8-12-25(26)35-16-17-6-9-19(29)10-7-17)27(33)31-20-11-13-24-23(15-20)32-28(36-24)21-4-2-3-5-22(21)30/h2-15H,16H2,1H3,(H,31,33). The Morgan fingerprint density at radius 2 is 1.81 bits per heavy atom. The van der Waals surface area contributed by atoms with E-state index in [4.69, 9.17) is 25.5 Å². The van der Waals surface area contributed by atoms with Crippen molar-refractivity contribution in [3.63, 3.8) is 0 Å². The van der Waals surface area contributed by atoms with Gasteiger partial charge < -0.3 is 19.2 Å². The van der Waals surface area contributed by atoms with Crippen molar-refractivity contribution in [3.8, 4) is 23.0 Å². The summed E-state index contributed by atoms with van der Waals surface area (Å²) in [6.07, 6.45) is 0. The highest BCUT2D eigenvalue weighted by Crippen LogP contribution is 2.30. The fraction of sp³-hybridized carbons (Fsp3) is 0.0714. The number of hydrogen-bond donors (Lipinski definition) is 1. The van der Waals surface area contributed by atoms with Crippen molar-refractivity contribution in [2.75, 3.05) is 12.4 Å². The molecule has 0 spiro atoms. The second kappa shape index (κ2) is 10.1. The summed E-state index contributed by atoms with van der Waals surface area (Å²) in [7, 11) is 1.51. The number of nitrogens with one attached hydrogen (secondary N) is 1. The van der Waals surface area contributed by atoms with Crippen molar-refractivity contribution in [1.29, 1.82) is 0 Å². The van der Waals surface area contributed by atoms with Gasteiger partial charge in [0, 0.05) is 16.3 Å². The number of oxazole rings is 1. The molecular formula is C28H20ClFN2O4. The summed E-state index contributed by atoms with van der Waals surface area (Å²) in [5.41, 5.74) is 3.10. The lowest BCUT2D eigenvalue weighted by molar-refractivity contribution is 0.102. The van der Waals surface area contributed by atoms with E-state index in [1.807, 2.05) is 12.1 Å². The number of hydrogen-bond acceptors (Lipinski definition) is 5. The zero-order chi connectivity index (χ0) is 25.1. The summed E-state index contributed by atoms with van der Waals surface area (Å²) in [4.78, 5) is 17.3. The van der Waals surface area contributed by atoms with Crippen molar-refractivity contribution in [1.82, 2.24) is 4.98 Å². The topological polar surface area (TPSA) is 73.6 Å². The molecule has 0 unspecified atom stereocenters. The van der Waals surface area contributed by atoms with Crippen LogP contribution in [-0.2, 0) is 6.61 Å². The summed E-state index contributed by atoms with van der Waals surface area (Å²) >= 11 is 5.92. The first-order valence-electron chi connectivity index (χ1n) is 11.0. The first-order chi connectivity index (χ1) is 17.5. The third-order valence-corrected chi connectivity index (χ3v) is 5.74. The smallest absolute Gasteiger partial charge is 0.255 e. The maximum atomic E-state index is 14.1. The van der Waals surface area contributed by atoms with E-state index in [-0.39, 0.29) is 17.4 Å². The molecule has 8 heteroatoms. The first kappa shape index (κ1) is 23.4. The molecule has 0 saturated carbocycles. The van der Waals surface area contributed by atoms with Crippen LogP contribution in [0, 0.1) is 5.82 Å². The van der Waals surface area contributed by atoms with Gasteiger partial charge in [0.15, 0.2) is 17.1 Å². The van der Waals surface area contributed by atoms with E-state index in [0.29, 0.717) is 45.5 Å². The van der Waals surface area contributed by atoms with Gasteiger partial charge in [-0.1, -0.05) is 35.9 Å². The summed E-state index contributed by atoms with van der Waals surface area (Å²) in [5, 5.41) is 3.49. The Kier molecular flexibility index (Phi) is 6.56. The molecule has 0 atom stereocenters. The molecule has 5 aromatic rings. The van der Waals surface area contributed by atoms with Crippen LogP contribution in [0.2, 0.25) is 5.02 Å². The molecule has 0 aliphatic rings. The summed E-state index contributed by atoms with van der Waals surface area (Å²) in [5.74, 6) is 0.346. The summed E-state index contributed by atoms with van der Waals surface area (Å²) < 4.78 is 31.1. The Morgan fingerprint density at radius 3 is 2.58 bits per heavy atom. The Morgan fingerprint density at radius 1 is 1.00 bits per heavy atom. The number of anilines is 1. The molecule has 0 fully saturated rings. The third-order valence-electron chi connectivity index (χ3n) is 5.48. The van der Waals surface area contributed by atoms with Crippen molar-refractivity contribution < 1.29 is 23.1 Å². The molecule has 1 aromatic heterocycles. The van der Waals surface area contributed by atoms with Crippen molar-refractivity contribution in [2.45, 2.75) is 6.61 Å². The van der Waals surface area contributed by atoms with Gasteiger partial charge in [0.25, 0.3) is 5.91 Å². The number of fused-ring (bicyclic) bond motifs is 1. The number of methoxy groups -OCH3 is 1. The predicted octanol–water partition coefficient (Wildman–Crippen LogP) is 7.13. The van der Waals surface area contributed by atoms with Gasteiger partial charge in [-0.15, -0.1) is 0 Å². The Balaban J connectivity index is 1.31. The molecule has 0 aliphatic heterocycles. The highest BCUT2D eigenvalue weighted by Gasteiger charge is 2.15. The number of ether oxygens (including phenoxy) is 2. The number of benzene rings is 4. The minimum atomic E-state index is -0.424. The molecule has 180 valence electrons. The SMILES string of the molecule is COc1cc(C(=O)Nc2ccc3oc(-c4ccccc4F)nc3c2)ccc1OCc1ccc(Cl)cc1. The lowest BCUT2D eigenvalue weighted by atomic mass is 10.1. The zero-order valence-electron chi connectivity index (χ0n) is 19.1. The fourth-order valence-corrected chi connectivity index (χ4v) is 3.75. The van der Waals surface area contributed by atoms with Gasteiger partial charge in [0.2, 0.25) is 5.89 Å². The molecule has 1 heterocycles. The normalized spacial score (nSPS) is 10.9. The number of nitrogens with zero attached hydrogens (tertiary/aromatic N) is 1. The third kappa shape index (κ3) is 5.01. The van der Waals surface area contributed by atoms with Gasteiger partial charge in [-0.3, -0.25) is 4.79 Å². The van der Waals surface area contributed by atoms with Crippen LogP contribution in [0.3, 0.4) is 0 Å².